The summed E-state index contributed by atoms with van der Waals surface area (Å²) in [6.45, 7) is 0.244. The van der Waals surface area contributed by atoms with Gasteiger partial charge in [-0.05, 0) is 24.3 Å². The Kier molecular flexibility index (Phi) is 3.45. The summed E-state index contributed by atoms with van der Waals surface area (Å²) < 4.78 is 11.2. The number of aromatic nitrogens is 1. The Balaban J connectivity index is 1.88. The van der Waals surface area contributed by atoms with Crippen molar-refractivity contribution in [1.29, 1.82) is 0 Å². The Labute approximate surface area is 141 Å². The summed E-state index contributed by atoms with van der Waals surface area (Å²) in [4.78, 5) is 5.39. The number of ether oxygens (including phenoxy) is 2. The molecule has 0 fully saturated rings. The third kappa shape index (κ3) is 2.33. The van der Waals surface area contributed by atoms with Gasteiger partial charge in [-0.1, -0.05) is 41.4 Å². The fourth-order valence-corrected chi connectivity index (χ4v) is 3.82. The minimum Gasteiger partial charge on any atom is -0.454 e. The van der Waals surface area contributed by atoms with E-state index in [1.165, 1.54) is 11.3 Å². The largest absolute Gasteiger partial charge is 0.454 e. The molecule has 110 valence electrons. The van der Waals surface area contributed by atoms with E-state index >= 15 is 0 Å². The normalized spacial score (nSPS) is 12.6. The minimum atomic E-state index is 0.244. The maximum Gasteiger partial charge on any atom is 0.231 e. The number of rotatable bonds is 2. The van der Waals surface area contributed by atoms with E-state index in [0.29, 0.717) is 15.2 Å². The average molecular weight is 350 g/mol. The first-order valence-corrected chi connectivity index (χ1v) is 8.11. The molecular formula is C16H9Cl2NO2S. The number of fused-ring (bicyclic) bond motifs is 1. The second-order valence-electron chi connectivity index (χ2n) is 4.69. The van der Waals surface area contributed by atoms with E-state index in [-0.39, 0.29) is 6.79 Å². The fourth-order valence-electron chi connectivity index (χ4n) is 2.36. The molecule has 3 aromatic rings. The van der Waals surface area contributed by atoms with E-state index < -0.39 is 0 Å². The molecule has 1 aromatic heterocycles. The smallest absolute Gasteiger partial charge is 0.231 e. The number of benzene rings is 2. The zero-order valence-electron chi connectivity index (χ0n) is 11.2. The zero-order valence-corrected chi connectivity index (χ0v) is 13.5. The van der Waals surface area contributed by atoms with Gasteiger partial charge in [0, 0.05) is 16.1 Å². The summed E-state index contributed by atoms with van der Waals surface area (Å²) in [5.41, 5.74) is 2.63. The van der Waals surface area contributed by atoms with Gasteiger partial charge >= 0.3 is 0 Å². The van der Waals surface area contributed by atoms with Crippen molar-refractivity contribution in [3.8, 4) is 33.2 Å². The third-order valence-electron chi connectivity index (χ3n) is 3.37. The van der Waals surface area contributed by atoms with E-state index in [1.807, 2.05) is 42.5 Å². The van der Waals surface area contributed by atoms with Crippen molar-refractivity contribution < 1.29 is 9.47 Å². The molecule has 0 atom stereocenters. The molecule has 6 heteroatoms. The lowest BCUT2D eigenvalue weighted by Gasteiger charge is -2.05. The SMILES string of the molecule is Clc1nc(-c2ccc3c(c2)OCO3)c(-c2ccccc2Cl)s1. The Morgan fingerprint density at radius 1 is 1.00 bits per heavy atom. The van der Waals surface area contributed by atoms with Crippen molar-refractivity contribution >= 4 is 34.5 Å². The molecule has 0 unspecified atom stereocenters. The predicted molar refractivity (Wildman–Crippen MR) is 89.1 cm³/mol. The van der Waals surface area contributed by atoms with Crippen LogP contribution in [0.3, 0.4) is 0 Å². The predicted octanol–water partition coefficient (Wildman–Crippen LogP) is 5.51. The highest BCUT2D eigenvalue weighted by atomic mass is 35.5. The lowest BCUT2D eigenvalue weighted by molar-refractivity contribution is 0.174. The van der Waals surface area contributed by atoms with Gasteiger partial charge in [-0.3, -0.25) is 0 Å². The van der Waals surface area contributed by atoms with Crippen molar-refractivity contribution in [1.82, 2.24) is 4.98 Å². The Morgan fingerprint density at radius 3 is 2.68 bits per heavy atom. The molecule has 1 aliphatic heterocycles. The molecule has 0 radical (unpaired) electrons. The Bertz CT molecular complexity index is 863. The highest BCUT2D eigenvalue weighted by Gasteiger charge is 2.19. The van der Waals surface area contributed by atoms with Crippen LogP contribution in [0.25, 0.3) is 21.7 Å². The van der Waals surface area contributed by atoms with Gasteiger partial charge in [-0.15, -0.1) is 11.3 Å². The molecule has 1 aliphatic rings. The van der Waals surface area contributed by atoms with E-state index in [2.05, 4.69) is 4.98 Å². The molecule has 0 saturated carbocycles. The molecule has 0 aliphatic carbocycles. The van der Waals surface area contributed by atoms with Gasteiger partial charge in [-0.2, -0.15) is 0 Å². The molecule has 2 aromatic carbocycles. The van der Waals surface area contributed by atoms with Crippen molar-refractivity contribution in [2.75, 3.05) is 6.79 Å². The Morgan fingerprint density at radius 2 is 1.82 bits per heavy atom. The quantitative estimate of drug-likeness (QED) is 0.610. The molecule has 0 spiro atoms. The van der Waals surface area contributed by atoms with Crippen LogP contribution in [0.15, 0.2) is 42.5 Å². The van der Waals surface area contributed by atoms with Crippen molar-refractivity contribution in [3.05, 3.63) is 52.0 Å². The van der Waals surface area contributed by atoms with Crippen LogP contribution < -0.4 is 9.47 Å². The van der Waals surface area contributed by atoms with Crippen molar-refractivity contribution in [3.63, 3.8) is 0 Å². The fraction of sp³-hybridized carbons (Fsp3) is 0.0625. The van der Waals surface area contributed by atoms with Gasteiger partial charge in [-0.25, -0.2) is 4.98 Å². The highest BCUT2D eigenvalue weighted by molar-refractivity contribution is 7.19. The standard InChI is InChI=1S/C16H9Cl2NO2S/c17-11-4-2-1-3-10(11)15-14(19-16(18)22-15)9-5-6-12-13(7-9)21-8-20-12/h1-7H,8H2. The van der Waals surface area contributed by atoms with Crippen LogP contribution >= 0.6 is 34.5 Å². The second-order valence-corrected chi connectivity index (χ2v) is 6.68. The molecule has 0 saturated heterocycles. The number of halogens is 2. The first-order valence-electron chi connectivity index (χ1n) is 6.53. The summed E-state index contributed by atoms with van der Waals surface area (Å²) in [5, 5.41) is 0.671. The van der Waals surface area contributed by atoms with Crippen LogP contribution in [-0.2, 0) is 0 Å². The number of hydrogen-bond acceptors (Lipinski definition) is 4. The van der Waals surface area contributed by atoms with Gasteiger partial charge in [0.15, 0.2) is 16.0 Å². The molecule has 0 amide bonds. The molecular weight excluding hydrogens is 341 g/mol. The zero-order chi connectivity index (χ0) is 15.1. The second kappa shape index (κ2) is 5.47. The molecule has 3 nitrogen and oxygen atoms in total. The van der Waals surface area contributed by atoms with Crippen LogP contribution in [0.1, 0.15) is 0 Å². The van der Waals surface area contributed by atoms with Gasteiger partial charge in [0.2, 0.25) is 6.79 Å². The highest BCUT2D eigenvalue weighted by Crippen LogP contribution is 2.43. The topological polar surface area (TPSA) is 31.4 Å². The van der Waals surface area contributed by atoms with E-state index in [0.717, 1.165) is 27.4 Å². The summed E-state index contributed by atoms with van der Waals surface area (Å²) in [5.74, 6) is 1.45. The first kappa shape index (κ1) is 13.9. The molecule has 0 bridgehead atoms. The van der Waals surface area contributed by atoms with Crippen LogP contribution in [0, 0.1) is 0 Å². The maximum atomic E-state index is 6.31. The molecule has 2 heterocycles. The number of thiazole rings is 1. The van der Waals surface area contributed by atoms with E-state index in [9.17, 15) is 0 Å². The summed E-state index contributed by atoms with van der Waals surface area (Å²) in [6, 6.07) is 13.4. The van der Waals surface area contributed by atoms with Gasteiger partial charge in [0.05, 0.1) is 10.6 Å². The van der Waals surface area contributed by atoms with E-state index in [4.69, 9.17) is 32.7 Å². The van der Waals surface area contributed by atoms with Gasteiger partial charge in [0.25, 0.3) is 0 Å². The monoisotopic (exact) mass is 349 g/mol. The van der Waals surface area contributed by atoms with Gasteiger partial charge in [0.1, 0.15) is 0 Å². The molecule has 22 heavy (non-hydrogen) atoms. The summed E-state index contributed by atoms with van der Waals surface area (Å²) in [7, 11) is 0. The van der Waals surface area contributed by atoms with Crippen LogP contribution in [0.5, 0.6) is 11.5 Å². The maximum absolute atomic E-state index is 6.31. The Hall–Kier alpha value is -1.75. The van der Waals surface area contributed by atoms with Crippen LogP contribution in [-0.4, -0.2) is 11.8 Å². The molecule has 4 rings (SSSR count). The lowest BCUT2D eigenvalue weighted by atomic mass is 10.1. The van der Waals surface area contributed by atoms with Crippen molar-refractivity contribution in [2.45, 2.75) is 0 Å². The lowest BCUT2D eigenvalue weighted by Crippen LogP contribution is -1.92. The first-order chi connectivity index (χ1) is 10.7. The van der Waals surface area contributed by atoms with Gasteiger partial charge < -0.3 is 9.47 Å². The molecule has 0 N–H and O–H groups in total. The van der Waals surface area contributed by atoms with E-state index in [1.54, 1.807) is 0 Å². The average Bonchev–Trinajstić information content (AvgIpc) is 3.13. The third-order valence-corrected chi connectivity index (χ3v) is 4.89. The van der Waals surface area contributed by atoms with Crippen LogP contribution in [0.2, 0.25) is 9.49 Å². The number of hydrogen-bond donors (Lipinski definition) is 0. The summed E-state index contributed by atoms with van der Waals surface area (Å²) in [6.07, 6.45) is 0. The van der Waals surface area contributed by atoms with Crippen LogP contribution in [0.4, 0.5) is 0 Å². The minimum absolute atomic E-state index is 0.244. The van der Waals surface area contributed by atoms with Crippen molar-refractivity contribution in [2.24, 2.45) is 0 Å². The number of nitrogens with zero attached hydrogens (tertiary/aromatic N) is 1. The summed E-state index contributed by atoms with van der Waals surface area (Å²) >= 11 is 13.9.